The fourth-order valence-electron chi connectivity index (χ4n) is 2.74. The summed E-state index contributed by atoms with van der Waals surface area (Å²) >= 11 is 0. The number of hydrogen-bond acceptors (Lipinski definition) is 5. The molecule has 3 heterocycles. The van der Waals surface area contributed by atoms with Gasteiger partial charge in [0, 0.05) is 19.7 Å². The van der Waals surface area contributed by atoms with Crippen molar-refractivity contribution >= 4 is 17.7 Å². The summed E-state index contributed by atoms with van der Waals surface area (Å²) in [5.74, 6) is -0.842. The summed E-state index contributed by atoms with van der Waals surface area (Å²) in [7, 11) is 1.79. The van der Waals surface area contributed by atoms with Crippen molar-refractivity contribution in [2.45, 2.75) is 19.4 Å². The number of carbonyl (C=O) groups excluding carboxylic acids is 3. The average molecular weight is 330 g/mol. The van der Waals surface area contributed by atoms with Gasteiger partial charge < -0.3 is 9.73 Å². The maximum absolute atomic E-state index is 12.4. The fourth-order valence-corrected chi connectivity index (χ4v) is 2.74. The summed E-state index contributed by atoms with van der Waals surface area (Å²) in [5, 5.41) is 6.68. The van der Waals surface area contributed by atoms with Crippen molar-refractivity contribution in [3.63, 3.8) is 0 Å². The quantitative estimate of drug-likeness (QED) is 0.766. The molecule has 0 saturated carbocycles. The Labute approximate surface area is 138 Å². The molecule has 1 aliphatic rings. The normalized spacial score (nSPS) is 17.5. The minimum absolute atomic E-state index is 0.124. The van der Waals surface area contributed by atoms with Crippen LogP contribution in [0.4, 0.5) is 0 Å². The van der Waals surface area contributed by atoms with Crippen LogP contribution in [0, 0.1) is 5.92 Å². The predicted octanol–water partition coefficient (Wildman–Crippen LogP) is 0.247. The van der Waals surface area contributed by atoms with Crippen molar-refractivity contribution in [1.29, 1.82) is 0 Å². The van der Waals surface area contributed by atoms with Gasteiger partial charge in [-0.2, -0.15) is 5.10 Å². The van der Waals surface area contributed by atoms with E-state index in [9.17, 15) is 14.4 Å². The lowest BCUT2D eigenvalue weighted by Gasteiger charge is -2.14. The highest BCUT2D eigenvalue weighted by Gasteiger charge is 2.39. The summed E-state index contributed by atoms with van der Waals surface area (Å²) in [6, 6.07) is 3.45. The first-order valence-corrected chi connectivity index (χ1v) is 7.63. The summed E-state index contributed by atoms with van der Waals surface area (Å²) in [5.41, 5.74) is 0.896. The second-order valence-electron chi connectivity index (χ2n) is 5.80. The summed E-state index contributed by atoms with van der Waals surface area (Å²) < 4.78 is 6.76. The van der Waals surface area contributed by atoms with Gasteiger partial charge in [0.1, 0.15) is 12.3 Å². The molecule has 0 bridgehead atoms. The van der Waals surface area contributed by atoms with Crippen LogP contribution >= 0.6 is 0 Å². The fraction of sp³-hybridized carbons (Fsp3) is 0.375. The van der Waals surface area contributed by atoms with Crippen molar-refractivity contribution in [2.24, 2.45) is 13.0 Å². The van der Waals surface area contributed by atoms with Gasteiger partial charge >= 0.3 is 0 Å². The number of aryl methyl sites for hydroxylation is 1. The maximum atomic E-state index is 12.4. The van der Waals surface area contributed by atoms with Crippen LogP contribution in [-0.4, -0.2) is 38.9 Å². The Morgan fingerprint density at radius 2 is 2.29 bits per heavy atom. The first kappa shape index (κ1) is 16.0. The number of amides is 3. The van der Waals surface area contributed by atoms with Crippen LogP contribution in [0.1, 0.15) is 17.7 Å². The number of nitrogens with zero attached hydrogens (tertiary/aromatic N) is 3. The molecule has 0 radical (unpaired) electrons. The molecule has 0 aliphatic carbocycles. The zero-order valence-corrected chi connectivity index (χ0v) is 13.3. The highest BCUT2D eigenvalue weighted by Crippen LogP contribution is 2.23. The van der Waals surface area contributed by atoms with Gasteiger partial charge in [-0.25, -0.2) is 0 Å². The molecule has 0 aromatic carbocycles. The summed E-state index contributed by atoms with van der Waals surface area (Å²) in [6.45, 7) is -0.0386. The number of carbonyl (C=O) groups is 3. The van der Waals surface area contributed by atoms with Gasteiger partial charge in [0.15, 0.2) is 0 Å². The van der Waals surface area contributed by atoms with Crippen LogP contribution in [0.25, 0.3) is 0 Å². The Morgan fingerprint density at radius 3 is 2.96 bits per heavy atom. The van der Waals surface area contributed by atoms with E-state index in [2.05, 4.69) is 10.4 Å². The Hall–Kier alpha value is -2.90. The largest absolute Gasteiger partial charge is 0.467 e. The van der Waals surface area contributed by atoms with Gasteiger partial charge in [0.2, 0.25) is 17.7 Å². The van der Waals surface area contributed by atoms with Gasteiger partial charge in [0.25, 0.3) is 0 Å². The molecule has 24 heavy (non-hydrogen) atoms. The topological polar surface area (TPSA) is 97.4 Å². The molecule has 126 valence electrons. The molecule has 0 spiro atoms. The number of hydrogen-bond donors (Lipinski definition) is 1. The molecule has 3 rings (SSSR count). The highest BCUT2D eigenvalue weighted by molar-refractivity contribution is 6.06. The Balaban J connectivity index is 1.54. The first-order chi connectivity index (χ1) is 11.5. The Kier molecular flexibility index (Phi) is 4.45. The second-order valence-corrected chi connectivity index (χ2v) is 5.80. The molecule has 8 heteroatoms. The summed E-state index contributed by atoms with van der Waals surface area (Å²) in [6.07, 6.45) is 5.58. The van der Waals surface area contributed by atoms with Crippen LogP contribution in [0.15, 0.2) is 35.2 Å². The number of furan rings is 1. The van der Waals surface area contributed by atoms with Crippen molar-refractivity contribution < 1.29 is 18.8 Å². The van der Waals surface area contributed by atoms with E-state index in [0.29, 0.717) is 12.2 Å². The highest BCUT2D eigenvalue weighted by atomic mass is 16.3. The zero-order valence-electron chi connectivity index (χ0n) is 13.3. The van der Waals surface area contributed by atoms with Crippen molar-refractivity contribution in [2.75, 3.05) is 6.54 Å². The monoisotopic (exact) mass is 330 g/mol. The maximum Gasteiger partial charge on any atom is 0.240 e. The van der Waals surface area contributed by atoms with Crippen LogP contribution in [0.5, 0.6) is 0 Å². The van der Waals surface area contributed by atoms with E-state index in [1.54, 1.807) is 30.1 Å². The smallest absolute Gasteiger partial charge is 0.240 e. The second kappa shape index (κ2) is 6.69. The lowest BCUT2D eigenvalue weighted by Crippen LogP contribution is -2.40. The lowest BCUT2D eigenvalue weighted by atomic mass is 10.0. The van der Waals surface area contributed by atoms with Gasteiger partial charge in [-0.05, 0) is 24.1 Å². The van der Waals surface area contributed by atoms with Gasteiger partial charge in [-0.3, -0.25) is 24.0 Å². The molecule has 3 amide bonds. The van der Waals surface area contributed by atoms with E-state index in [1.807, 2.05) is 6.20 Å². The van der Waals surface area contributed by atoms with Crippen LogP contribution in [-0.2, 0) is 34.4 Å². The molecule has 1 fully saturated rings. The minimum atomic E-state index is -0.431. The van der Waals surface area contributed by atoms with Gasteiger partial charge in [-0.15, -0.1) is 0 Å². The molecule has 2 aromatic heterocycles. The lowest BCUT2D eigenvalue weighted by molar-refractivity contribution is -0.143. The summed E-state index contributed by atoms with van der Waals surface area (Å²) in [4.78, 5) is 37.4. The first-order valence-electron chi connectivity index (χ1n) is 7.63. The minimum Gasteiger partial charge on any atom is -0.467 e. The zero-order chi connectivity index (χ0) is 17.1. The van der Waals surface area contributed by atoms with E-state index < -0.39 is 11.8 Å². The van der Waals surface area contributed by atoms with Crippen molar-refractivity contribution in [1.82, 2.24) is 20.0 Å². The number of likely N-dealkylation sites (tertiary alicyclic amines) is 1. The Bertz CT molecular complexity index is 750. The average Bonchev–Trinajstić information content (AvgIpc) is 3.25. The standard InChI is InChI=1S/C16H18N4O4/c1-19-9-11(7-18-19)5-12-6-15(22)20(16(12)23)10-14(21)17-8-13-3-2-4-24-13/h2-4,7,9,12H,5-6,8,10H2,1H3,(H,17,21)/t12-/m0/s1. The molecular weight excluding hydrogens is 312 g/mol. The van der Waals surface area contributed by atoms with Crippen LogP contribution < -0.4 is 5.32 Å². The molecular formula is C16H18N4O4. The molecule has 1 saturated heterocycles. The van der Waals surface area contributed by atoms with E-state index in [-0.39, 0.29) is 31.3 Å². The number of aromatic nitrogens is 2. The third-order valence-electron chi connectivity index (χ3n) is 3.92. The third kappa shape index (κ3) is 3.53. The number of imide groups is 1. The molecule has 1 atom stereocenters. The molecule has 2 aromatic rings. The van der Waals surface area contributed by atoms with Crippen LogP contribution in [0.2, 0.25) is 0 Å². The van der Waals surface area contributed by atoms with E-state index in [4.69, 9.17) is 4.42 Å². The SMILES string of the molecule is Cn1cc(C[C@H]2CC(=O)N(CC(=O)NCc3ccco3)C2=O)cn1. The molecule has 8 nitrogen and oxygen atoms in total. The molecule has 1 aliphatic heterocycles. The van der Waals surface area contributed by atoms with Crippen molar-refractivity contribution in [3.05, 3.63) is 42.1 Å². The van der Waals surface area contributed by atoms with E-state index in [0.717, 1.165) is 10.5 Å². The van der Waals surface area contributed by atoms with E-state index in [1.165, 1.54) is 6.26 Å². The third-order valence-corrected chi connectivity index (χ3v) is 3.92. The van der Waals surface area contributed by atoms with Crippen molar-refractivity contribution in [3.8, 4) is 0 Å². The van der Waals surface area contributed by atoms with Gasteiger partial charge in [-0.1, -0.05) is 0 Å². The molecule has 0 unspecified atom stereocenters. The molecule has 1 N–H and O–H groups in total. The predicted molar refractivity (Wildman–Crippen MR) is 82.3 cm³/mol. The van der Waals surface area contributed by atoms with E-state index >= 15 is 0 Å². The number of rotatable bonds is 6. The van der Waals surface area contributed by atoms with Gasteiger partial charge in [0.05, 0.1) is 24.9 Å². The number of nitrogens with one attached hydrogen (secondary N) is 1. The van der Waals surface area contributed by atoms with Crippen LogP contribution in [0.3, 0.4) is 0 Å². The Morgan fingerprint density at radius 1 is 1.46 bits per heavy atom.